The molecule has 1 amide bonds. The maximum atomic E-state index is 12.8. The first-order valence-corrected chi connectivity index (χ1v) is 8.57. The summed E-state index contributed by atoms with van der Waals surface area (Å²) in [4.78, 5) is 19.2. The molecular formula is C18H29N3O3. The second-order valence-electron chi connectivity index (χ2n) is 6.79. The van der Waals surface area contributed by atoms with Gasteiger partial charge in [-0.1, -0.05) is 19.9 Å². The summed E-state index contributed by atoms with van der Waals surface area (Å²) in [6.07, 6.45) is 1.96. The fraction of sp³-hybridized carbons (Fsp3) is 0.667. The zero-order valence-corrected chi connectivity index (χ0v) is 15.3. The Morgan fingerprint density at radius 2 is 2.08 bits per heavy atom. The number of ether oxygens (including phenoxy) is 2. The summed E-state index contributed by atoms with van der Waals surface area (Å²) in [5, 5.41) is 3.04. The molecule has 1 N–H and O–H groups in total. The van der Waals surface area contributed by atoms with Gasteiger partial charge in [0.25, 0.3) is 0 Å². The number of carbonyl (C=O) groups is 1. The molecule has 24 heavy (non-hydrogen) atoms. The highest BCUT2D eigenvalue weighted by molar-refractivity contribution is 5.82. The van der Waals surface area contributed by atoms with E-state index < -0.39 is 0 Å². The Kier molecular flexibility index (Phi) is 6.57. The summed E-state index contributed by atoms with van der Waals surface area (Å²) in [6, 6.07) is 3.59. The zero-order chi connectivity index (χ0) is 17.7. The molecule has 0 bridgehead atoms. The predicted octanol–water partition coefficient (Wildman–Crippen LogP) is 1.84. The standard InChI is InChI=1S/C18H29N3O3/c1-12(2)16(21-10-13(3)24-14(4)11-21)17(22)20-9-15-7-6-8-19-18(15)23-5/h6-8,12-14,16H,9-11H2,1-5H3,(H,20,22)/t13-,14+,16-/m1/s1. The number of pyridine rings is 1. The van der Waals surface area contributed by atoms with Crippen molar-refractivity contribution in [1.82, 2.24) is 15.2 Å². The molecule has 1 aromatic heterocycles. The van der Waals surface area contributed by atoms with Crippen LogP contribution in [0.15, 0.2) is 18.3 Å². The molecule has 1 aromatic rings. The molecule has 1 aliphatic heterocycles. The number of hydrogen-bond donors (Lipinski definition) is 1. The lowest BCUT2D eigenvalue weighted by molar-refractivity contribution is -0.135. The molecule has 2 rings (SSSR count). The lowest BCUT2D eigenvalue weighted by Crippen LogP contribution is -2.56. The van der Waals surface area contributed by atoms with E-state index in [0.29, 0.717) is 12.4 Å². The maximum absolute atomic E-state index is 12.8. The number of rotatable bonds is 6. The highest BCUT2D eigenvalue weighted by Crippen LogP contribution is 2.19. The van der Waals surface area contributed by atoms with E-state index in [4.69, 9.17) is 9.47 Å². The van der Waals surface area contributed by atoms with Gasteiger partial charge >= 0.3 is 0 Å². The normalized spacial score (nSPS) is 23.1. The van der Waals surface area contributed by atoms with E-state index in [1.54, 1.807) is 13.3 Å². The molecule has 0 aromatic carbocycles. The first-order valence-electron chi connectivity index (χ1n) is 8.57. The molecule has 6 heteroatoms. The molecule has 0 spiro atoms. The number of methoxy groups -OCH3 is 1. The van der Waals surface area contributed by atoms with Gasteiger partial charge in [0, 0.05) is 31.4 Å². The van der Waals surface area contributed by atoms with Crippen LogP contribution in [0, 0.1) is 5.92 Å². The summed E-state index contributed by atoms with van der Waals surface area (Å²) in [5.41, 5.74) is 0.875. The average Bonchev–Trinajstić information content (AvgIpc) is 2.52. The molecular weight excluding hydrogens is 306 g/mol. The van der Waals surface area contributed by atoms with Crippen molar-refractivity contribution < 1.29 is 14.3 Å². The van der Waals surface area contributed by atoms with Gasteiger partial charge in [-0.2, -0.15) is 0 Å². The lowest BCUT2D eigenvalue weighted by atomic mass is 9.99. The Hall–Kier alpha value is -1.66. The molecule has 6 nitrogen and oxygen atoms in total. The van der Waals surface area contributed by atoms with Crippen molar-refractivity contribution in [3.8, 4) is 5.88 Å². The highest BCUT2D eigenvalue weighted by Gasteiger charge is 2.34. The zero-order valence-electron chi connectivity index (χ0n) is 15.3. The van der Waals surface area contributed by atoms with Gasteiger partial charge in [-0.25, -0.2) is 4.98 Å². The van der Waals surface area contributed by atoms with Crippen LogP contribution in [0.3, 0.4) is 0 Å². The van der Waals surface area contributed by atoms with Crippen molar-refractivity contribution >= 4 is 5.91 Å². The van der Waals surface area contributed by atoms with Crippen LogP contribution in [-0.4, -0.2) is 54.2 Å². The second kappa shape index (κ2) is 8.44. The number of amides is 1. The summed E-state index contributed by atoms with van der Waals surface area (Å²) < 4.78 is 11.0. The van der Waals surface area contributed by atoms with Crippen LogP contribution in [-0.2, 0) is 16.1 Å². The fourth-order valence-electron chi connectivity index (χ4n) is 3.36. The van der Waals surface area contributed by atoms with Gasteiger partial charge in [0.05, 0.1) is 25.4 Å². The van der Waals surface area contributed by atoms with Gasteiger partial charge in [0.1, 0.15) is 0 Å². The summed E-state index contributed by atoms with van der Waals surface area (Å²) in [6.45, 7) is 10.2. The Bertz CT molecular complexity index is 540. The second-order valence-corrected chi connectivity index (χ2v) is 6.79. The lowest BCUT2D eigenvalue weighted by Gasteiger charge is -2.41. The van der Waals surface area contributed by atoms with Crippen molar-refractivity contribution in [3.63, 3.8) is 0 Å². The van der Waals surface area contributed by atoms with Crippen LogP contribution >= 0.6 is 0 Å². The van der Waals surface area contributed by atoms with Crippen LogP contribution in [0.2, 0.25) is 0 Å². The van der Waals surface area contributed by atoms with Gasteiger partial charge in [0.15, 0.2) is 0 Å². The van der Waals surface area contributed by atoms with E-state index in [1.807, 2.05) is 12.1 Å². The van der Waals surface area contributed by atoms with Gasteiger partial charge < -0.3 is 14.8 Å². The number of nitrogens with one attached hydrogen (secondary N) is 1. The van der Waals surface area contributed by atoms with Crippen LogP contribution in [0.5, 0.6) is 5.88 Å². The SMILES string of the molecule is COc1ncccc1CNC(=O)[C@@H](C(C)C)N1C[C@@H](C)O[C@@H](C)C1. The summed E-state index contributed by atoms with van der Waals surface area (Å²) >= 11 is 0. The average molecular weight is 335 g/mol. The molecule has 1 aliphatic rings. The van der Waals surface area contributed by atoms with Crippen molar-refractivity contribution in [3.05, 3.63) is 23.9 Å². The van der Waals surface area contributed by atoms with Gasteiger partial charge in [-0.15, -0.1) is 0 Å². The van der Waals surface area contributed by atoms with Gasteiger partial charge in [-0.05, 0) is 25.8 Å². The number of aromatic nitrogens is 1. The third kappa shape index (κ3) is 4.68. The Morgan fingerprint density at radius 3 is 2.67 bits per heavy atom. The Balaban J connectivity index is 2.04. The van der Waals surface area contributed by atoms with Crippen LogP contribution in [0.1, 0.15) is 33.3 Å². The topological polar surface area (TPSA) is 63.7 Å². The molecule has 0 unspecified atom stereocenters. The molecule has 2 heterocycles. The number of carbonyl (C=O) groups excluding carboxylic acids is 1. The van der Waals surface area contributed by atoms with Crippen LogP contribution in [0.25, 0.3) is 0 Å². The van der Waals surface area contributed by atoms with E-state index in [2.05, 4.69) is 42.9 Å². The minimum absolute atomic E-state index is 0.0391. The molecule has 134 valence electrons. The van der Waals surface area contributed by atoms with Crippen LogP contribution in [0.4, 0.5) is 0 Å². The molecule has 0 radical (unpaired) electrons. The number of hydrogen-bond acceptors (Lipinski definition) is 5. The largest absolute Gasteiger partial charge is 0.481 e. The Morgan fingerprint density at radius 1 is 1.42 bits per heavy atom. The molecule has 1 fully saturated rings. The number of nitrogens with zero attached hydrogens (tertiary/aromatic N) is 2. The van der Waals surface area contributed by atoms with Gasteiger partial charge in [-0.3, -0.25) is 9.69 Å². The molecule has 0 saturated carbocycles. The smallest absolute Gasteiger partial charge is 0.237 e. The first-order chi connectivity index (χ1) is 11.4. The third-order valence-electron chi connectivity index (χ3n) is 4.24. The van der Waals surface area contributed by atoms with Crippen molar-refractivity contribution in [2.75, 3.05) is 20.2 Å². The van der Waals surface area contributed by atoms with E-state index in [1.165, 1.54) is 0 Å². The van der Waals surface area contributed by atoms with Crippen LogP contribution < -0.4 is 10.1 Å². The predicted molar refractivity (Wildman–Crippen MR) is 92.8 cm³/mol. The monoisotopic (exact) mass is 335 g/mol. The molecule has 0 aliphatic carbocycles. The van der Waals surface area contributed by atoms with Crippen molar-refractivity contribution in [2.24, 2.45) is 5.92 Å². The number of morpholine rings is 1. The quantitative estimate of drug-likeness (QED) is 0.859. The first kappa shape index (κ1) is 18.7. The summed E-state index contributed by atoms with van der Waals surface area (Å²) in [5.74, 6) is 0.808. The van der Waals surface area contributed by atoms with Crippen molar-refractivity contribution in [2.45, 2.75) is 52.5 Å². The fourth-order valence-corrected chi connectivity index (χ4v) is 3.36. The van der Waals surface area contributed by atoms with E-state index in [-0.39, 0.29) is 30.1 Å². The Labute approximate surface area is 144 Å². The third-order valence-corrected chi connectivity index (χ3v) is 4.24. The minimum Gasteiger partial charge on any atom is -0.481 e. The maximum Gasteiger partial charge on any atom is 0.237 e. The molecule has 3 atom stereocenters. The molecule has 1 saturated heterocycles. The summed E-state index contributed by atoms with van der Waals surface area (Å²) in [7, 11) is 1.58. The van der Waals surface area contributed by atoms with E-state index in [9.17, 15) is 4.79 Å². The van der Waals surface area contributed by atoms with Gasteiger partial charge in [0.2, 0.25) is 11.8 Å². The van der Waals surface area contributed by atoms with E-state index in [0.717, 1.165) is 18.7 Å². The minimum atomic E-state index is -0.165. The van der Waals surface area contributed by atoms with E-state index >= 15 is 0 Å². The highest BCUT2D eigenvalue weighted by atomic mass is 16.5. The van der Waals surface area contributed by atoms with Crippen molar-refractivity contribution in [1.29, 1.82) is 0 Å².